The molecule has 0 fully saturated rings. The van der Waals surface area contributed by atoms with Crippen LogP contribution < -0.4 is 10.1 Å². The average Bonchev–Trinajstić information content (AvgIpc) is 2.73. The predicted molar refractivity (Wildman–Crippen MR) is 112 cm³/mol. The first-order valence-corrected chi connectivity index (χ1v) is 10.2. The monoisotopic (exact) mass is 485 g/mol. The predicted octanol–water partition coefficient (Wildman–Crippen LogP) is 5.49. The van der Waals surface area contributed by atoms with E-state index >= 15 is 4.39 Å². The molecular formula is C23H21F6N3O2. The van der Waals surface area contributed by atoms with Crippen molar-refractivity contribution in [3.8, 4) is 5.75 Å². The van der Waals surface area contributed by atoms with Crippen molar-refractivity contribution >= 4 is 16.6 Å². The van der Waals surface area contributed by atoms with Crippen LogP contribution in [0.3, 0.4) is 0 Å². The summed E-state index contributed by atoms with van der Waals surface area (Å²) < 4.78 is 91.9. The molecule has 2 aromatic carbocycles. The highest BCUT2D eigenvalue weighted by Gasteiger charge is 2.64. The fraction of sp³-hybridized carbons (Fsp3) is 0.391. The van der Waals surface area contributed by atoms with Gasteiger partial charge in [0, 0.05) is 28.9 Å². The second-order valence-electron chi connectivity index (χ2n) is 9.01. The number of nitrogens with one attached hydrogen (secondary N) is 1. The molecule has 0 radical (unpaired) electrons. The largest absolute Gasteiger partial charge is 0.494 e. The molecule has 11 heteroatoms. The van der Waals surface area contributed by atoms with Gasteiger partial charge in [0.2, 0.25) is 0 Å². The number of alkyl halides is 3. The molecule has 0 saturated carbocycles. The first kappa shape index (κ1) is 24.1. The van der Waals surface area contributed by atoms with Crippen LogP contribution in [0, 0.1) is 24.4 Å². The van der Waals surface area contributed by atoms with Crippen molar-refractivity contribution in [2.45, 2.75) is 50.4 Å². The number of hydrogen-bond donors (Lipinski definition) is 2. The highest BCUT2D eigenvalue weighted by Crippen LogP contribution is 2.55. The second-order valence-corrected chi connectivity index (χ2v) is 9.01. The molecule has 2 atom stereocenters. The number of methoxy groups -OCH3 is 1. The van der Waals surface area contributed by atoms with Crippen molar-refractivity contribution in [3.05, 3.63) is 58.8 Å². The zero-order valence-corrected chi connectivity index (χ0v) is 18.6. The molecule has 4 rings (SSSR count). The lowest BCUT2D eigenvalue weighted by Crippen LogP contribution is -2.58. The van der Waals surface area contributed by atoms with Gasteiger partial charge in [-0.1, -0.05) is 19.9 Å². The first-order chi connectivity index (χ1) is 15.7. The highest BCUT2D eigenvalue weighted by atomic mass is 19.4. The molecule has 2 N–H and O–H groups in total. The van der Waals surface area contributed by atoms with Crippen LogP contribution in [0.2, 0.25) is 0 Å². The van der Waals surface area contributed by atoms with Gasteiger partial charge in [-0.2, -0.15) is 13.2 Å². The molecule has 34 heavy (non-hydrogen) atoms. The molecule has 0 unspecified atom stereocenters. The van der Waals surface area contributed by atoms with E-state index in [9.17, 15) is 27.1 Å². The summed E-state index contributed by atoms with van der Waals surface area (Å²) in [7, 11) is 1.22. The lowest BCUT2D eigenvalue weighted by atomic mass is 9.63. The van der Waals surface area contributed by atoms with E-state index in [1.54, 1.807) is 0 Å². The third-order valence-corrected chi connectivity index (χ3v) is 6.21. The summed E-state index contributed by atoms with van der Waals surface area (Å²) in [5.74, 6) is -3.58. The maximum atomic E-state index is 15.3. The minimum Gasteiger partial charge on any atom is -0.494 e. The van der Waals surface area contributed by atoms with Crippen LogP contribution in [-0.4, -0.2) is 34.0 Å². The minimum atomic E-state index is -5.16. The van der Waals surface area contributed by atoms with Gasteiger partial charge in [0.05, 0.1) is 13.2 Å². The van der Waals surface area contributed by atoms with E-state index in [0.717, 1.165) is 12.3 Å². The van der Waals surface area contributed by atoms with Crippen LogP contribution in [0.5, 0.6) is 5.75 Å². The Morgan fingerprint density at radius 2 is 1.82 bits per heavy atom. The second kappa shape index (κ2) is 7.72. The Bertz CT molecular complexity index is 1290. The summed E-state index contributed by atoms with van der Waals surface area (Å²) in [6, 6.07) is 1.06. The Morgan fingerprint density at radius 1 is 1.15 bits per heavy atom. The zero-order valence-electron chi connectivity index (χ0n) is 18.6. The topological polar surface area (TPSA) is 67.3 Å². The van der Waals surface area contributed by atoms with E-state index in [1.165, 1.54) is 33.9 Å². The number of rotatable bonds is 3. The van der Waals surface area contributed by atoms with Gasteiger partial charge in [0.15, 0.2) is 28.8 Å². The molecule has 3 aromatic rings. The number of benzene rings is 2. The summed E-state index contributed by atoms with van der Waals surface area (Å²) in [5.41, 5.74) is -5.84. The van der Waals surface area contributed by atoms with Gasteiger partial charge in [-0.05, 0) is 30.4 Å². The quantitative estimate of drug-likeness (QED) is 0.480. The maximum Gasteiger partial charge on any atom is 0.419 e. The summed E-state index contributed by atoms with van der Waals surface area (Å²) in [6.07, 6.45) is -4.93. The van der Waals surface area contributed by atoms with E-state index < -0.39 is 52.6 Å². The van der Waals surface area contributed by atoms with Crippen molar-refractivity contribution in [1.82, 2.24) is 9.97 Å². The van der Waals surface area contributed by atoms with E-state index in [4.69, 9.17) is 4.74 Å². The first-order valence-electron chi connectivity index (χ1n) is 10.2. The Kier molecular flexibility index (Phi) is 5.47. The Morgan fingerprint density at radius 3 is 2.44 bits per heavy atom. The number of aryl methyl sites for hydroxylation is 1. The molecule has 0 saturated heterocycles. The van der Waals surface area contributed by atoms with E-state index in [2.05, 4.69) is 15.3 Å². The maximum absolute atomic E-state index is 15.3. The smallest absolute Gasteiger partial charge is 0.419 e. The van der Waals surface area contributed by atoms with Gasteiger partial charge in [-0.25, -0.2) is 23.1 Å². The number of fused-ring (bicyclic) bond motifs is 2. The summed E-state index contributed by atoms with van der Waals surface area (Å²) >= 11 is 0. The molecule has 5 nitrogen and oxygen atoms in total. The van der Waals surface area contributed by atoms with Gasteiger partial charge in [0.25, 0.3) is 0 Å². The molecule has 0 aliphatic heterocycles. The fourth-order valence-corrected chi connectivity index (χ4v) is 4.73. The number of nitrogens with zero attached hydrogens (tertiary/aromatic N) is 2. The molecule has 1 aliphatic carbocycles. The number of hydrogen-bond acceptors (Lipinski definition) is 5. The van der Waals surface area contributed by atoms with Crippen LogP contribution in [0.25, 0.3) is 10.9 Å². The van der Waals surface area contributed by atoms with Crippen molar-refractivity contribution in [2.24, 2.45) is 0 Å². The lowest BCUT2D eigenvalue weighted by molar-refractivity contribution is -0.276. The molecule has 0 amide bonds. The molecule has 1 aliphatic rings. The van der Waals surface area contributed by atoms with E-state index in [1.807, 2.05) is 0 Å². The summed E-state index contributed by atoms with van der Waals surface area (Å²) in [5, 5.41) is 13.4. The Labute approximate surface area is 190 Å². The number of anilines is 1. The summed E-state index contributed by atoms with van der Waals surface area (Å²) in [4.78, 5) is 7.77. The van der Waals surface area contributed by atoms with E-state index in [0.29, 0.717) is 6.07 Å². The highest BCUT2D eigenvalue weighted by molar-refractivity contribution is 5.91. The molecule has 182 valence electrons. The Balaban J connectivity index is 2.00. The van der Waals surface area contributed by atoms with Crippen LogP contribution in [-0.2, 0) is 5.41 Å². The lowest BCUT2D eigenvalue weighted by Gasteiger charge is -2.49. The number of ether oxygens (including phenoxy) is 1. The van der Waals surface area contributed by atoms with Crippen LogP contribution >= 0.6 is 0 Å². The van der Waals surface area contributed by atoms with Crippen molar-refractivity contribution in [3.63, 3.8) is 0 Å². The van der Waals surface area contributed by atoms with Gasteiger partial charge in [-0.15, -0.1) is 0 Å². The van der Waals surface area contributed by atoms with Gasteiger partial charge in [0.1, 0.15) is 11.3 Å². The number of aromatic nitrogens is 2. The number of halogens is 6. The third-order valence-electron chi connectivity index (χ3n) is 6.21. The van der Waals surface area contributed by atoms with Gasteiger partial charge < -0.3 is 15.2 Å². The van der Waals surface area contributed by atoms with Crippen LogP contribution in [0.1, 0.15) is 43.3 Å². The molecule has 1 aromatic heterocycles. The van der Waals surface area contributed by atoms with Crippen molar-refractivity contribution in [1.29, 1.82) is 0 Å². The third kappa shape index (κ3) is 3.53. The van der Waals surface area contributed by atoms with Gasteiger partial charge >= 0.3 is 6.18 Å². The SMILES string of the molecule is COc1ccc2c(c1F)C(C)(C)C[C@](O)(C(F)(F)F)[C@@H]2Nc1cc(F)c(F)c2nc(C)ncc12. The Hall–Kier alpha value is -3.08. The minimum absolute atomic E-state index is 0.0859. The fourth-order valence-electron chi connectivity index (χ4n) is 4.73. The molecule has 1 heterocycles. The van der Waals surface area contributed by atoms with Crippen LogP contribution in [0.4, 0.5) is 32.0 Å². The van der Waals surface area contributed by atoms with E-state index in [-0.39, 0.29) is 33.8 Å². The van der Waals surface area contributed by atoms with Gasteiger partial charge in [-0.3, -0.25) is 0 Å². The molecule has 0 spiro atoms. The average molecular weight is 485 g/mol. The zero-order chi connectivity index (χ0) is 25.2. The molecular weight excluding hydrogens is 464 g/mol. The van der Waals surface area contributed by atoms with Crippen molar-refractivity contribution < 1.29 is 36.2 Å². The van der Waals surface area contributed by atoms with Crippen LogP contribution in [0.15, 0.2) is 24.4 Å². The number of aliphatic hydroxyl groups is 1. The normalized spacial score (nSPS) is 21.9. The molecule has 0 bridgehead atoms. The standard InChI is InChI=1S/C23H21F6N3O2/c1-10-30-8-12-14(7-13(24)17(25)19(12)31-10)32-20-11-5-6-15(34-4)18(26)16(11)21(2,3)9-22(20,33)23(27,28)29/h5-8,20,32-33H,9H2,1-4H3/t20-,22-/m1/s1. The summed E-state index contributed by atoms with van der Waals surface area (Å²) in [6.45, 7) is 4.20. The van der Waals surface area contributed by atoms with Crippen molar-refractivity contribution in [2.75, 3.05) is 12.4 Å².